The van der Waals surface area contributed by atoms with E-state index >= 15 is 0 Å². The van der Waals surface area contributed by atoms with Gasteiger partial charge in [0.25, 0.3) is 5.91 Å². The second-order valence-electron chi connectivity index (χ2n) is 3.27. The van der Waals surface area contributed by atoms with Crippen LogP contribution >= 0.6 is 15.9 Å². The quantitative estimate of drug-likeness (QED) is 0.860. The Morgan fingerprint density at radius 3 is 2.53 bits per heavy atom. The number of aromatic nitrogens is 1. The molecule has 0 aliphatic rings. The highest BCUT2D eigenvalue weighted by Gasteiger charge is 2.12. The zero-order valence-corrected chi connectivity index (χ0v) is 9.71. The SMILES string of the molecule is Cc1nc(C(N)=O)c2ccccc2c1Br. The largest absolute Gasteiger partial charge is 0.364 e. The summed E-state index contributed by atoms with van der Waals surface area (Å²) in [7, 11) is 0. The number of carbonyl (C=O) groups is 1. The second kappa shape index (κ2) is 3.62. The predicted octanol–water partition coefficient (Wildman–Crippen LogP) is 2.40. The van der Waals surface area contributed by atoms with Gasteiger partial charge in [-0.05, 0) is 22.9 Å². The van der Waals surface area contributed by atoms with E-state index in [2.05, 4.69) is 20.9 Å². The van der Waals surface area contributed by atoms with Gasteiger partial charge in [-0.2, -0.15) is 0 Å². The molecule has 2 rings (SSSR count). The van der Waals surface area contributed by atoms with Gasteiger partial charge in [0, 0.05) is 15.2 Å². The van der Waals surface area contributed by atoms with Gasteiger partial charge in [0.1, 0.15) is 5.69 Å². The second-order valence-corrected chi connectivity index (χ2v) is 4.06. The molecule has 3 nitrogen and oxygen atoms in total. The third-order valence-electron chi connectivity index (χ3n) is 2.25. The molecule has 0 saturated carbocycles. The van der Waals surface area contributed by atoms with Gasteiger partial charge >= 0.3 is 0 Å². The van der Waals surface area contributed by atoms with E-state index < -0.39 is 5.91 Å². The molecular weight excluding hydrogens is 256 g/mol. The molecule has 76 valence electrons. The van der Waals surface area contributed by atoms with Crippen molar-refractivity contribution in [3.63, 3.8) is 0 Å². The first-order chi connectivity index (χ1) is 7.11. The molecule has 2 N–H and O–H groups in total. The zero-order valence-electron chi connectivity index (χ0n) is 8.12. The van der Waals surface area contributed by atoms with E-state index in [9.17, 15) is 4.79 Å². The van der Waals surface area contributed by atoms with Crippen LogP contribution in [0.15, 0.2) is 28.7 Å². The third-order valence-corrected chi connectivity index (χ3v) is 3.25. The summed E-state index contributed by atoms with van der Waals surface area (Å²) in [6.07, 6.45) is 0. The lowest BCUT2D eigenvalue weighted by atomic mass is 10.1. The number of pyridine rings is 1. The average Bonchev–Trinajstić information content (AvgIpc) is 2.23. The summed E-state index contributed by atoms with van der Waals surface area (Å²) in [5.74, 6) is -0.498. The molecule has 0 aliphatic heterocycles. The molecular formula is C11H9BrN2O. The lowest BCUT2D eigenvalue weighted by Gasteiger charge is -2.07. The van der Waals surface area contributed by atoms with Gasteiger partial charge in [-0.3, -0.25) is 4.79 Å². The Labute approximate surface area is 95.4 Å². The maximum Gasteiger partial charge on any atom is 0.267 e. The van der Waals surface area contributed by atoms with Crippen molar-refractivity contribution in [2.45, 2.75) is 6.92 Å². The van der Waals surface area contributed by atoms with Gasteiger partial charge in [-0.1, -0.05) is 24.3 Å². The van der Waals surface area contributed by atoms with Gasteiger partial charge in [0.05, 0.1) is 5.69 Å². The Balaban J connectivity index is 2.94. The predicted molar refractivity (Wildman–Crippen MR) is 62.7 cm³/mol. The molecule has 0 aliphatic carbocycles. The smallest absolute Gasteiger partial charge is 0.267 e. The maximum absolute atomic E-state index is 11.2. The molecule has 4 heteroatoms. The molecule has 0 fully saturated rings. The molecule has 1 aromatic heterocycles. The third kappa shape index (κ3) is 1.61. The minimum Gasteiger partial charge on any atom is -0.364 e. The summed E-state index contributed by atoms with van der Waals surface area (Å²) in [5.41, 5.74) is 6.37. The molecule has 0 bridgehead atoms. The Kier molecular flexibility index (Phi) is 2.44. The number of halogens is 1. The fraction of sp³-hybridized carbons (Fsp3) is 0.0909. The Hall–Kier alpha value is -1.42. The van der Waals surface area contributed by atoms with Crippen LogP contribution in [0.4, 0.5) is 0 Å². The van der Waals surface area contributed by atoms with E-state index in [4.69, 9.17) is 5.73 Å². The van der Waals surface area contributed by atoms with E-state index in [-0.39, 0.29) is 0 Å². The topological polar surface area (TPSA) is 56.0 Å². The molecule has 1 heterocycles. The van der Waals surface area contributed by atoms with E-state index in [0.29, 0.717) is 5.69 Å². The maximum atomic E-state index is 11.2. The standard InChI is InChI=1S/C11H9BrN2O/c1-6-9(12)7-4-2-3-5-8(7)10(14-6)11(13)15/h2-5H,1H3,(H2,13,15). The summed E-state index contributed by atoms with van der Waals surface area (Å²) in [4.78, 5) is 15.4. The molecule has 0 spiro atoms. The van der Waals surface area contributed by atoms with Gasteiger partial charge in [-0.15, -0.1) is 0 Å². The van der Waals surface area contributed by atoms with Crippen LogP contribution < -0.4 is 5.73 Å². The van der Waals surface area contributed by atoms with Crippen LogP contribution in [-0.4, -0.2) is 10.9 Å². The number of nitrogens with two attached hydrogens (primary N) is 1. The van der Waals surface area contributed by atoms with Crippen molar-refractivity contribution in [1.82, 2.24) is 4.98 Å². The molecule has 1 amide bonds. The van der Waals surface area contributed by atoms with E-state index in [1.54, 1.807) is 0 Å². The fourth-order valence-corrected chi connectivity index (χ4v) is 1.98. The first-order valence-electron chi connectivity index (χ1n) is 4.46. The Morgan fingerprint density at radius 2 is 1.93 bits per heavy atom. The minimum absolute atomic E-state index is 0.325. The number of rotatable bonds is 1. The zero-order chi connectivity index (χ0) is 11.0. The molecule has 0 atom stereocenters. The summed E-state index contributed by atoms with van der Waals surface area (Å²) in [6.45, 7) is 1.84. The summed E-state index contributed by atoms with van der Waals surface area (Å²) in [5, 5.41) is 1.74. The summed E-state index contributed by atoms with van der Waals surface area (Å²) < 4.78 is 0.906. The van der Waals surface area contributed by atoms with Gasteiger partial charge in [0.2, 0.25) is 0 Å². The first kappa shape index (κ1) is 10.1. The Morgan fingerprint density at radius 1 is 1.33 bits per heavy atom. The van der Waals surface area contributed by atoms with Crippen molar-refractivity contribution < 1.29 is 4.79 Å². The van der Waals surface area contributed by atoms with Crippen molar-refractivity contribution >= 4 is 32.6 Å². The van der Waals surface area contributed by atoms with Gasteiger partial charge in [-0.25, -0.2) is 4.98 Å². The summed E-state index contributed by atoms with van der Waals surface area (Å²) in [6, 6.07) is 7.54. The monoisotopic (exact) mass is 264 g/mol. The number of benzene rings is 1. The number of amides is 1. The fourth-order valence-electron chi connectivity index (χ4n) is 1.54. The number of hydrogen-bond donors (Lipinski definition) is 1. The van der Waals surface area contributed by atoms with Crippen molar-refractivity contribution in [1.29, 1.82) is 0 Å². The minimum atomic E-state index is -0.498. The highest BCUT2D eigenvalue weighted by atomic mass is 79.9. The first-order valence-corrected chi connectivity index (χ1v) is 5.25. The van der Waals surface area contributed by atoms with E-state index in [0.717, 1.165) is 20.9 Å². The Bertz CT molecular complexity index is 552. The highest BCUT2D eigenvalue weighted by Crippen LogP contribution is 2.27. The highest BCUT2D eigenvalue weighted by molar-refractivity contribution is 9.10. The van der Waals surface area contributed by atoms with E-state index in [1.165, 1.54) is 0 Å². The number of nitrogens with zero attached hydrogens (tertiary/aromatic N) is 1. The molecule has 1 aromatic carbocycles. The van der Waals surface area contributed by atoms with Crippen LogP contribution in [0.5, 0.6) is 0 Å². The van der Waals surface area contributed by atoms with Crippen LogP contribution in [-0.2, 0) is 0 Å². The van der Waals surface area contributed by atoms with Gasteiger partial charge in [0.15, 0.2) is 0 Å². The van der Waals surface area contributed by atoms with Crippen molar-refractivity contribution in [3.8, 4) is 0 Å². The summed E-state index contributed by atoms with van der Waals surface area (Å²) >= 11 is 3.45. The molecule has 2 aromatic rings. The van der Waals surface area contributed by atoms with Crippen LogP contribution in [0.3, 0.4) is 0 Å². The van der Waals surface area contributed by atoms with Crippen LogP contribution in [0.2, 0.25) is 0 Å². The molecule has 0 radical (unpaired) electrons. The molecule has 0 saturated heterocycles. The van der Waals surface area contributed by atoms with Gasteiger partial charge < -0.3 is 5.73 Å². The lowest BCUT2D eigenvalue weighted by molar-refractivity contribution is 0.0997. The number of carbonyl (C=O) groups excluding carboxylic acids is 1. The number of hydrogen-bond acceptors (Lipinski definition) is 2. The van der Waals surface area contributed by atoms with Crippen LogP contribution in [0.1, 0.15) is 16.2 Å². The van der Waals surface area contributed by atoms with E-state index in [1.807, 2.05) is 31.2 Å². The molecule has 0 unspecified atom stereocenters. The number of fused-ring (bicyclic) bond motifs is 1. The average molecular weight is 265 g/mol. The van der Waals surface area contributed by atoms with Crippen LogP contribution in [0.25, 0.3) is 10.8 Å². The normalized spacial score (nSPS) is 10.5. The van der Waals surface area contributed by atoms with Crippen molar-refractivity contribution in [3.05, 3.63) is 40.1 Å². The number of aryl methyl sites for hydroxylation is 1. The van der Waals surface area contributed by atoms with Crippen molar-refractivity contribution in [2.75, 3.05) is 0 Å². The van der Waals surface area contributed by atoms with Crippen molar-refractivity contribution in [2.24, 2.45) is 5.73 Å². The van der Waals surface area contributed by atoms with Crippen LogP contribution in [0, 0.1) is 6.92 Å². The lowest BCUT2D eigenvalue weighted by Crippen LogP contribution is -2.14. The molecule has 15 heavy (non-hydrogen) atoms. The number of primary amides is 1.